The molecule has 4 heteroatoms. The van der Waals surface area contributed by atoms with Crippen molar-refractivity contribution >= 4 is 28.5 Å². The Morgan fingerprint density at radius 1 is 0.761 bits per heavy atom. The van der Waals surface area contributed by atoms with Crippen LogP contribution in [0.5, 0.6) is 5.75 Å². The Bertz CT molecular complexity index is 1470. The van der Waals surface area contributed by atoms with Gasteiger partial charge in [-0.15, -0.1) is 0 Å². The maximum absolute atomic E-state index is 11.5. The molecule has 0 atom stereocenters. The van der Waals surface area contributed by atoms with Crippen LogP contribution in [0.15, 0.2) is 72.4 Å². The molecule has 1 heterocycles. The van der Waals surface area contributed by atoms with Gasteiger partial charge in [0, 0.05) is 23.3 Å². The number of fused-ring (bicyclic) bond motifs is 3. The van der Waals surface area contributed by atoms with Gasteiger partial charge in [-0.25, -0.2) is 4.79 Å². The number of aromatic hydroxyl groups is 1. The minimum absolute atomic E-state index is 0.0833. The number of benzene rings is 3. The highest BCUT2D eigenvalue weighted by molar-refractivity contribution is 5.95. The van der Waals surface area contributed by atoms with Crippen molar-refractivity contribution in [3.63, 3.8) is 0 Å². The van der Waals surface area contributed by atoms with Gasteiger partial charge in [-0.3, -0.25) is 0 Å². The van der Waals surface area contributed by atoms with Crippen LogP contribution in [-0.2, 0) is 5.41 Å². The molecule has 0 radical (unpaired) electrons. The number of rotatable bonds is 20. The van der Waals surface area contributed by atoms with E-state index < -0.39 is 5.97 Å². The number of anilines is 1. The lowest BCUT2D eigenvalue weighted by atomic mass is 9.81. The first kappa shape index (κ1) is 35.3. The maximum atomic E-state index is 11.5. The quantitative estimate of drug-likeness (QED) is 0.123. The molecule has 0 aliphatic carbocycles. The fraction of sp³-hybridized carbons (Fsp3) is 0.500. The van der Waals surface area contributed by atoms with Crippen LogP contribution in [0, 0.1) is 0 Å². The van der Waals surface area contributed by atoms with E-state index in [4.69, 9.17) is 0 Å². The summed E-state index contributed by atoms with van der Waals surface area (Å²) in [6, 6.07) is 17.9. The Morgan fingerprint density at radius 3 is 1.96 bits per heavy atom. The molecule has 0 amide bonds. The van der Waals surface area contributed by atoms with Crippen LogP contribution in [0.25, 0.3) is 16.8 Å². The lowest BCUT2D eigenvalue weighted by Gasteiger charge is -2.27. The molecule has 0 saturated heterocycles. The Labute approximate surface area is 278 Å². The van der Waals surface area contributed by atoms with E-state index in [-0.39, 0.29) is 16.7 Å². The van der Waals surface area contributed by atoms with Crippen molar-refractivity contribution in [2.45, 2.75) is 129 Å². The summed E-state index contributed by atoms with van der Waals surface area (Å²) in [4.78, 5) is 14.0. The molecule has 4 rings (SSSR count). The Morgan fingerprint density at radius 2 is 1.35 bits per heavy atom. The van der Waals surface area contributed by atoms with Gasteiger partial charge in [0.15, 0.2) is 0 Å². The van der Waals surface area contributed by atoms with E-state index in [1.807, 2.05) is 12.2 Å². The summed E-state index contributed by atoms with van der Waals surface area (Å²) in [5, 5.41) is 21.9. The number of carbonyl (C=O) groups is 1. The minimum Gasteiger partial charge on any atom is -0.507 e. The molecule has 2 N–H and O–H groups in total. The molecule has 0 unspecified atom stereocenters. The van der Waals surface area contributed by atoms with Gasteiger partial charge in [0.05, 0.1) is 0 Å². The highest BCUT2D eigenvalue weighted by Crippen LogP contribution is 2.50. The van der Waals surface area contributed by atoms with Crippen molar-refractivity contribution in [3.05, 3.63) is 89.1 Å². The number of aromatic carboxylic acids is 1. The average Bonchev–Trinajstić information content (AvgIpc) is 3.26. The lowest BCUT2D eigenvalue weighted by Crippen LogP contribution is -2.27. The highest BCUT2D eigenvalue weighted by atomic mass is 16.4. The number of carboxylic acids is 1. The van der Waals surface area contributed by atoms with Crippen LogP contribution in [0.1, 0.15) is 145 Å². The zero-order valence-corrected chi connectivity index (χ0v) is 28.7. The first-order valence-electron chi connectivity index (χ1n) is 18.1. The van der Waals surface area contributed by atoms with E-state index >= 15 is 0 Å². The smallest absolute Gasteiger partial charge is 0.339 e. The molecule has 3 aromatic rings. The summed E-state index contributed by atoms with van der Waals surface area (Å²) in [5.41, 5.74) is 4.40. The van der Waals surface area contributed by atoms with Crippen LogP contribution in [0.2, 0.25) is 0 Å². The highest BCUT2D eigenvalue weighted by Gasteiger charge is 2.40. The molecule has 46 heavy (non-hydrogen) atoms. The Hall–Kier alpha value is -3.53. The molecule has 1 aliphatic heterocycles. The topological polar surface area (TPSA) is 60.8 Å². The van der Waals surface area contributed by atoms with Crippen LogP contribution in [0.3, 0.4) is 0 Å². The van der Waals surface area contributed by atoms with E-state index in [0.29, 0.717) is 0 Å². The average molecular weight is 624 g/mol. The third-order valence-corrected chi connectivity index (χ3v) is 9.78. The van der Waals surface area contributed by atoms with Gasteiger partial charge in [0.1, 0.15) is 11.3 Å². The largest absolute Gasteiger partial charge is 0.507 e. The molecular formula is C42H57NO3. The summed E-state index contributed by atoms with van der Waals surface area (Å²) >= 11 is 0. The fourth-order valence-corrected chi connectivity index (χ4v) is 7.17. The SMILES string of the molecule is CCCCCCCCCCCCCCCCCCN1C(=CC=Cc2ccc(O)c(C(=O)O)c2)C(C)(C)c2c1ccc1ccccc21. The number of allylic oxidation sites excluding steroid dienone is 3. The third-order valence-electron chi connectivity index (χ3n) is 9.78. The van der Waals surface area contributed by atoms with Crippen molar-refractivity contribution in [1.82, 2.24) is 0 Å². The second-order valence-corrected chi connectivity index (χ2v) is 13.8. The molecule has 3 aromatic carbocycles. The van der Waals surface area contributed by atoms with Crippen molar-refractivity contribution in [1.29, 1.82) is 0 Å². The van der Waals surface area contributed by atoms with Crippen LogP contribution < -0.4 is 4.90 Å². The van der Waals surface area contributed by atoms with Crippen molar-refractivity contribution < 1.29 is 15.0 Å². The van der Waals surface area contributed by atoms with E-state index in [1.54, 1.807) is 6.07 Å². The second kappa shape index (κ2) is 18.0. The predicted molar refractivity (Wildman–Crippen MR) is 196 cm³/mol. The van der Waals surface area contributed by atoms with E-state index in [1.165, 1.54) is 136 Å². The second-order valence-electron chi connectivity index (χ2n) is 13.8. The van der Waals surface area contributed by atoms with Crippen LogP contribution in [-0.4, -0.2) is 22.7 Å². The summed E-state index contributed by atoms with van der Waals surface area (Å²) in [7, 11) is 0. The van der Waals surface area contributed by atoms with E-state index in [0.717, 1.165) is 18.5 Å². The molecule has 4 nitrogen and oxygen atoms in total. The standard InChI is InChI=1S/C42H57NO3/c1-4-5-6-7-8-9-10-11-12-13-14-15-16-17-18-21-31-43-37-29-28-34-24-19-20-25-35(34)40(37)42(2,3)39(43)26-22-23-33-27-30-38(44)36(32-33)41(45)46/h19-20,22-30,32,44H,4-18,21,31H2,1-3H3,(H,45,46). The number of carboxylic acid groups (broad SMARTS) is 1. The lowest BCUT2D eigenvalue weighted by molar-refractivity contribution is 0.0693. The van der Waals surface area contributed by atoms with Crippen molar-refractivity contribution in [2.75, 3.05) is 11.4 Å². The van der Waals surface area contributed by atoms with Crippen molar-refractivity contribution in [3.8, 4) is 5.75 Å². The summed E-state index contributed by atoms with van der Waals surface area (Å²) in [5.74, 6) is -1.34. The third kappa shape index (κ3) is 9.50. The van der Waals surface area contributed by atoms with Gasteiger partial charge < -0.3 is 15.1 Å². The molecule has 0 aromatic heterocycles. The van der Waals surface area contributed by atoms with E-state index in [2.05, 4.69) is 68.1 Å². The number of unbranched alkanes of at least 4 members (excludes halogenated alkanes) is 15. The molecule has 0 bridgehead atoms. The van der Waals surface area contributed by atoms with Crippen LogP contribution >= 0.6 is 0 Å². The number of hydrogen-bond donors (Lipinski definition) is 2. The molecule has 0 saturated carbocycles. The number of nitrogens with zero attached hydrogens (tertiary/aromatic N) is 1. The number of hydrogen-bond acceptors (Lipinski definition) is 3. The molecular weight excluding hydrogens is 566 g/mol. The molecule has 0 fully saturated rings. The summed E-state index contributed by atoms with van der Waals surface area (Å²) < 4.78 is 0. The van der Waals surface area contributed by atoms with E-state index in [9.17, 15) is 15.0 Å². The van der Waals surface area contributed by atoms with Gasteiger partial charge in [-0.05, 0) is 52.6 Å². The van der Waals surface area contributed by atoms with Gasteiger partial charge in [0.25, 0.3) is 0 Å². The fourth-order valence-electron chi connectivity index (χ4n) is 7.17. The summed E-state index contributed by atoms with van der Waals surface area (Å²) in [6.45, 7) is 7.90. The molecule has 1 aliphatic rings. The Kier molecular flexibility index (Phi) is 13.8. The summed E-state index contributed by atoms with van der Waals surface area (Å²) in [6.07, 6.45) is 28.0. The van der Waals surface area contributed by atoms with Crippen molar-refractivity contribution in [2.24, 2.45) is 0 Å². The molecule has 248 valence electrons. The Balaban J connectivity index is 1.31. The zero-order chi connectivity index (χ0) is 32.8. The molecule has 0 spiro atoms. The normalized spacial score (nSPS) is 14.9. The zero-order valence-electron chi connectivity index (χ0n) is 28.7. The first-order valence-corrected chi connectivity index (χ1v) is 18.1. The van der Waals surface area contributed by atoms with Gasteiger partial charge in [-0.2, -0.15) is 0 Å². The van der Waals surface area contributed by atoms with Gasteiger partial charge >= 0.3 is 5.97 Å². The van der Waals surface area contributed by atoms with Gasteiger partial charge in [0.2, 0.25) is 0 Å². The maximum Gasteiger partial charge on any atom is 0.339 e. The van der Waals surface area contributed by atoms with Gasteiger partial charge in [-0.1, -0.05) is 166 Å². The predicted octanol–water partition coefficient (Wildman–Crippen LogP) is 12.2. The monoisotopic (exact) mass is 623 g/mol. The number of phenols is 1. The minimum atomic E-state index is -1.13. The first-order chi connectivity index (χ1) is 22.3. The van der Waals surface area contributed by atoms with Crippen LogP contribution in [0.4, 0.5) is 5.69 Å².